The van der Waals surface area contributed by atoms with Crippen LogP contribution in [-0.4, -0.2) is 39.8 Å². The topological polar surface area (TPSA) is 70.5 Å². The number of carbonyl (C=O) groups excluding carboxylic acids is 2. The lowest BCUT2D eigenvalue weighted by atomic mass is 9.90. The average molecular weight is 352 g/mol. The van der Waals surface area contributed by atoms with Crippen molar-refractivity contribution in [2.45, 2.75) is 32.3 Å². The van der Waals surface area contributed by atoms with Crippen molar-refractivity contribution in [3.8, 4) is 0 Å². The van der Waals surface area contributed by atoms with Gasteiger partial charge in [-0.2, -0.15) is 0 Å². The predicted octanol–water partition coefficient (Wildman–Crippen LogP) is 2.63. The fourth-order valence-electron chi connectivity index (χ4n) is 3.39. The molecule has 0 aliphatic carbocycles. The SMILES string of the molecule is O=C(CCc1ccccc1)[C@H]1CCCN(C(=O)c2cccc(CO)n2)C1. The third-order valence-corrected chi connectivity index (χ3v) is 4.85. The van der Waals surface area contributed by atoms with Gasteiger partial charge in [0, 0.05) is 25.4 Å². The number of benzene rings is 1. The third-order valence-electron chi connectivity index (χ3n) is 4.85. The Morgan fingerprint density at radius 3 is 2.69 bits per heavy atom. The molecule has 2 aromatic rings. The summed E-state index contributed by atoms with van der Waals surface area (Å²) in [5.41, 5.74) is 1.96. The highest BCUT2D eigenvalue weighted by molar-refractivity contribution is 5.93. The number of ketones is 1. The molecule has 1 aromatic carbocycles. The van der Waals surface area contributed by atoms with Crippen LogP contribution in [0.1, 0.15) is 41.0 Å². The summed E-state index contributed by atoms with van der Waals surface area (Å²) in [6.07, 6.45) is 2.91. The molecular formula is C21H24N2O3. The Labute approximate surface area is 153 Å². The minimum absolute atomic E-state index is 0.0996. The largest absolute Gasteiger partial charge is 0.390 e. The van der Waals surface area contributed by atoms with E-state index < -0.39 is 0 Å². The molecule has 0 spiro atoms. The van der Waals surface area contributed by atoms with Crippen molar-refractivity contribution in [1.82, 2.24) is 9.88 Å². The highest BCUT2D eigenvalue weighted by Crippen LogP contribution is 2.21. The summed E-state index contributed by atoms with van der Waals surface area (Å²) in [4.78, 5) is 31.2. The molecule has 1 saturated heterocycles. The molecule has 0 unspecified atom stereocenters. The molecule has 1 aliphatic rings. The van der Waals surface area contributed by atoms with Crippen LogP contribution in [0.2, 0.25) is 0 Å². The van der Waals surface area contributed by atoms with Crippen molar-refractivity contribution < 1.29 is 14.7 Å². The van der Waals surface area contributed by atoms with Crippen LogP contribution in [0, 0.1) is 5.92 Å². The number of amides is 1. The van der Waals surface area contributed by atoms with Crippen LogP contribution >= 0.6 is 0 Å². The number of hydrogen-bond acceptors (Lipinski definition) is 4. The van der Waals surface area contributed by atoms with Crippen molar-refractivity contribution in [2.24, 2.45) is 5.92 Å². The Morgan fingerprint density at radius 2 is 1.92 bits per heavy atom. The molecule has 3 rings (SSSR count). The van der Waals surface area contributed by atoms with Gasteiger partial charge in [-0.1, -0.05) is 36.4 Å². The smallest absolute Gasteiger partial charge is 0.272 e. The maximum Gasteiger partial charge on any atom is 0.272 e. The molecule has 0 bridgehead atoms. The maximum atomic E-state index is 12.7. The lowest BCUT2D eigenvalue weighted by molar-refractivity contribution is -0.124. The van der Waals surface area contributed by atoms with Gasteiger partial charge in [-0.3, -0.25) is 9.59 Å². The molecule has 2 heterocycles. The van der Waals surface area contributed by atoms with Crippen LogP contribution in [0.5, 0.6) is 0 Å². The van der Waals surface area contributed by atoms with Crippen LogP contribution in [0.15, 0.2) is 48.5 Å². The summed E-state index contributed by atoms with van der Waals surface area (Å²) in [5, 5.41) is 9.19. The molecule has 26 heavy (non-hydrogen) atoms. The number of aryl methyl sites for hydroxylation is 1. The van der Waals surface area contributed by atoms with E-state index in [-0.39, 0.29) is 24.2 Å². The van der Waals surface area contributed by atoms with Crippen molar-refractivity contribution in [1.29, 1.82) is 0 Å². The van der Waals surface area contributed by atoms with Gasteiger partial charge in [0.15, 0.2) is 0 Å². The molecule has 136 valence electrons. The van der Waals surface area contributed by atoms with Crippen molar-refractivity contribution in [2.75, 3.05) is 13.1 Å². The molecular weight excluding hydrogens is 328 g/mol. The molecule has 0 radical (unpaired) electrons. The number of aliphatic hydroxyl groups is 1. The average Bonchev–Trinajstić information content (AvgIpc) is 2.72. The predicted molar refractivity (Wildman–Crippen MR) is 98.6 cm³/mol. The molecule has 1 atom stereocenters. The lowest BCUT2D eigenvalue weighted by Crippen LogP contribution is -2.42. The van der Waals surface area contributed by atoms with Gasteiger partial charge in [-0.15, -0.1) is 0 Å². The second-order valence-corrected chi connectivity index (χ2v) is 6.71. The molecule has 1 amide bonds. The number of hydrogen-bond donors (Lipinski definition) is 1. The number of rotatable bonds is 6. The third kappa shape index (κ3) is 4.55. The Morgan fingerprint density at radius 1 is 1.12 bits per heavy atom. The van der Waals surface area contributed by atoms with Crippen molar-refractivity contribution >= 4 is 11.7 Å². The Kier molecular flexibility index (Phi) is 6.12. The molecule has 1 N–H and O–H groups in total. The standard InChI is InChI=1S/C21H24N2O3/c24-15-18-9-4-10-19(22-18)21(26)23-13-5-8-17(14-23)20(25)12-11-16-6-2-1-3-7-16/h1-4,6-7,9-10,17,24H,5,8,11-15H2/t17-/m0/s1. The van der Waals surface area contributed by atoms with Gasteiger partial charge in [0.2, 0.25) is 0 Å². The normalized spacial score (nSPS) is 17.1. The van der Waals surface area contributed by atoms with Crippen LogP contribution in [0.4, 0.5) is 0 Å². The number of likely N-dealkylation sites (tertiary alicyclic amines) is 1. The van der Waals surface area contributed by atoms with E-state index in [1.807, 2.05) is 30.3 Å². The Bertz CT molecular complexity index is 761. The first-order valence-electron chi connectivity index (χ1n) is 9.10. The number of pyridine rings is 1. The van der Waals surface area contributed by atoms with E-state index in [0.29, 0.717) is 30.9 Å². The summed E-state index contributed by atoms with van der Waals surface area (Å²) in [5.74, 6) is -0.0401. The Balaban J connectivity index is 1.59. The van der Waals surface area contributed by atoms with Gasteiger partial charge in [-0.25, -0.2) is 4.98 Å². The van der Waals surface area contributed by atoms with Crippen LogP contribution in [0.3, 0.4) is 0 Å². The molecule has 1 fully saturated rings. The summed E-state index contributed by atoms with van der Waals surface area (Å²) in [6, 6.07) is 15.1. The van der Waals surface area contributed by atoms with E-state index in [0.717, 1.165) is 24.8 Å². The summed E-state index contributed by atoms with van der Waals surface area (Å²) < 4.78 is 0. The second kappa shape index (κ2) is 8.72. The quantitative estimate of drug-likeness (QED) is 0.868. The van der Waals surface area contributed by atoms with E-state index in [1.54, 1.807) is 23.1 Å². The summed E-state index contributed by atoms with van der Waals surface area (Å²) in [7, 11) is 0. The van der Waals surface area contributed by atoms with Gasteiger partial charge in [0.25, 0.3) is 5.91 Å². The first kappa shape index (κ1) is 18.3. The van der Waals surface area contributed by atoms with Crippen LogP contribution in [-0.2, 0) is 17.8 Å². The molecule has 5 heteroatoms. The summed E-state index contributed by atoms with van der Waals surface area (Å²) >= 11 is 0. The van der Waals surface area contributed by atoms with Crippen LogP contribution < -0.4 is 0 Å². The maximum absolute atomic E-state index is 12.7. The zero-order valence-electron chi connectivity index (χ0n) is 14.8. The first-order chi connectivity index (χ1) is 12.7. The first-order valence-corrected chi connectivity index (χ1v) is 9.10. The second-order valence-electron chi connectivity index (χ2n) is 6.71. The number of aliphatic hydroxyl groups excluding tert-OH is 1. The lowest BCUT2D eigenvalue weighted by Gasteiger charge is -2.32. The number of nitrogens with zero attached hydrogens (tertiary/aromatic N) is 2. The minimum Gasteiger partial charge on any atom is -0.390 e. The van der Waals surface area contributed by atoms with E-state index in [2.05, 4.69) is 4.98 Å². The van der Waals surface area contributed by atoms with E-state index >= 15 is 0 Å². The highest BCUT2D eigenvalue weighted by atomic mass is 16.3. The van der Waals surface area contributed by atoms with Gasteiger partial charge >= 0.3 is 0 Å². The van der Waals surface area contributed by atoms with Crippen molar-refractivity contribution in [3.63, 3.8) is 0 Å². The van der Waals surface area contributed by atoms with Crippen molar-refractivity contribution in [3.05, 3.63) is 65.5 Å². The zero-order valence-corrected chi connectivity index (χ0v) is 14.8. The molecule has 5 nitrogen and oxygen atoms in total. The fraction of sp³-hybridized carbons (Fsp3) is 0.381. The fourth-order valence-corrected chi connectivity index (χ4v) is 3.39. The molecule has 1 aromatic heterocycles. The summed E-state index contributed by atoms with van der Waals surface area (Å²) in [6.45, 7) is 0.908. The van der Waals surface area contributed by atoms with Gasteiger partial charge in [-0.05, 0) is 37.0 Å². The van der Waals surface area contributed by atoms with Gasteiger partial charge < -0.3 is 10.0 Å². The number of Topliss-reactive ketones (excluding diaryl/α,β-unsaturated/α-hetero) is 1. The Hall–Kier alpha value is -2.53. The van der Waals surface area contributed by atoms with Gasteiger partial charge in [0.05, 0.1) is 12.3 Å². The zero-order chi connectivity index (χ0) is 18.4. The van der Waals surface area contributed by atoms with Crippen LogP contribution in [0.25, 0.3) is 0 Å². The number of aromatic nitrogens is 1. The number of carbonyl (C=O) groups is 2. The van der Waals surface area contributed by atoms with E-state index in [4.69, 9.17) is 0 Å². The molecule has 0 saturated carbocycles. The van der Waals surface area contributed by atoms with E-state index in [1.165, 1.54) is 0 Å². The monoisotopic (exact) mass is 352 g/mol. The molecule has 1 aliphatic heterocycles. The number of piperidine rings is 1. The highest BCUT2D eigenvalue weighted by Gasteiger charge is 2.29. The van der Waals surface area contributed by atoms with Gasteiger partial charge in [0.1, 0.15) is 11.5 Å². The minimum atomic E-state index is -0.193. The van der Waals surface area contributed by atoms with E-state index in [9.17, 15) is 14.7 Å².